The summed E-state index contributed by atoms with van der Waals surface area (Å²) in [5, 5.41) is 14.4. The number of hydrogen-bond donors (Lipinski definition) is 2. The Labute approximate surface area is 138 Å². The van der Waals surface area contributed by atoms with E-state index in [1.807, 2.05) is 0 Å². The molecule has 128 valence electrons. The third-order valence-electron chi connectivity index (χ3n) is 3.15. The minimum atomic E-state index is -4.65. The summed E-state index contributed by atoms with van der Waals surface area (Å²) in [6, 6.07) is 1.97. The van der Waals surface area contributed by atoms with Crippen molar-refractivity contribution in [3.05, 3.63) is 46.7 Å². The van der Waals surface area contributed by atoms with Crippen LogP contribution >= 0.6 is 11.6 Å². The Morgan fingerprint density at radius 2 is 2.04 bits per heavy atom. The lowest BCUT2D eigenvalue weighted by Crippen LogP contribution is -2.16. The molecule has 1 aromatic carbocycles. The second-order valence-electron chi connectivity index (χ2n) is 4.87. The number of hydrogen-bond acceptors (Lipinski definition) is 3. The van der Waals surface area contributed by atoms with Crippen molar-refractivity contribution < 1.29 is 27.9 Å². The smallest absolute Gasteiger partial charge is 0.417 e. The van der Waals surface area contributed by atoms with Crippen molar-refractivity contribution in [3.63, 3.8) is 0 Å². The molecule has 0 aliphatic rings. The SMILES string of the molecule is CC(C(=O)O)n1cc(C(=O)Nc2ccc(Cl)c(C(F)(F)F)c2)cn1. The molecule has 10 heteroatoms. The van der Waals surface area contributed by atoms with Gasteiger partial charge in [0, 0.05) is 11.9 Å². The standard InChI is InChI=1S/C14H11ClF3N3O3/c1-7(13(23)24)21-6-8(5-19-21)12(22)20-9-2-3-11(15)10(4-9)14(16,17)18/h2-7H,1H3,(H,20,22)(H,23,24). The molecule has 0 bridgehead atoms. The number of alkyl halides is 3. The summed E-state index contributed by atoms with van der Waals surface area (Å²) in [5.41, 5.74) is -1.17. The first-order valence-corrected chi connectivity index (χ1v) is 6.92. The molecule has 0 spiro atoms. The second kappa shape index (κ2) is 6.52. The number of nitrogens with one attached hydrogen (secondary N) is 1. The fourth-order valence-electron chi connectivity index (χ4n) is 1.80. The molecule has 1 unspecified atom stereocenters. The van der Waals surface area contributed by atoms with Gasteiger partial charge in [-0.15, -0.1) is 0 Å². The van der Waals surface area contributed by atoms with Crippen molar-refractivity contribution >= 4 is 29.2 Å². The molecule has 0 fully saturated rings. The van der Waals surface area contributed by atoms with E-state index in [-0.39, 0.29) is 11.3 Å². The number of halogens is 4. The van der Waals surface area contributed by atoms with Crippen LogP contribution in [0.25, 0.3) is 0 Å². The van der Waals surface area contributed by atoms with E-state index in [2.05, 4.69) is 10.4 Å². The van der Waals surface area contributed by atoms with Crippen molar-refractivity contribution in [2.24, 2.45) is 0 Å². The van der Waals surface area contributed by atoms with Crippen LogP contribution < -0.4 is 5.32 Å². The van der Waals surface area contributed by atoms with Gasteiger partial charge >= 0.3 is 12.1 Å². The highest BCUT2D eigenvalue weighted by Crippen LogP contribution is 2.36. The van der Waals surface area contributed by atoms with E-state index in [4.69, 9.17) is 16.7 Å². The first-order chi connectivity index (χ1) is 11.1. The van der Waals surface area contributed by atoms with Crippen LogP contribution in [0.5, 0.6) is 0 Å². The lowest BCUT2D eigenvalue weighted by molar-refractivity contribution is -0.140. The number of nitrogens with zero attached hydrogens (tertiary/aromatic N) is 2. The zero-order valence-corrected chi connectivity index (χ0v) is 12.9. The average molecular weight is 362 g/mol. The van der Waals surface area contributed by atoms with E-state index >= 15 is 0 Å². The highest BCUT2D eigenvalue weighted by atomic mass is 35.5. The molecular formula is C14H11ClF3N3O3. The topological polar surface area (TPSA) is 84.2 Å². The molecule has 24 heavy (non-hydrogen) atoms. The number of aliphatic carboxylic acids is 1. The predicted molar refractivity (Wildman–Crippen MR) is 79.0 cm³/mol. The Bertz CT molecular complexity index is 789. The second-order valence-corrected chi connectivity index (χ2v) is 5.28. The zero-order valence-electron chi connectivity index (χ0n) is 12.1. The molecule has 6 nitrogen and oxygen atoms in total. The molecule has 1 heterocycles. The summed E-state index contributed by atoms with van der Waals surface area (Å²) in [6.45, 7) is 1.37. The van der Waals surface area contributed by atoms with E-state index in [1.165, 1.54) is 19.2 Å². The number of anilines is 1. The third kappa shape index (κ3) is 3.85. The van der Waals surface area contributed by atoms with E-state index in [0.717, 1.165) is 16.9 Å². The molecule has 0 saturated carbocycles. The van der Waals surface area contributed by atoms with Gasteiger partial charge in [-0.2, -0.15) is 18.3 Å². The van der Waals surface area contributed by atoms with Gasteiger partial charge in [-0.3, -0.25) is 9.48 Å². The molecule has 2 N–H and O–H groups in total. The highest BCUT2D eigenvalue weighted by Gasteiger charge is 2.33. The zero-order chi connectivity index (χ0) is 18.1. The summed E-state index contributed by atoms with van der Waals surface area (Å²) in [7, 11) is 0. The Morgan fingerprint density at radius 3 is 2.62 bits per heavy atom. The fourth-order valence-corrected chi connectivity index (χ4v) is 2.03. The van der Waals surface area contributed by atoms with Crippen LogP contribution in [0.3, 0.4) is 0 Å². The molecule has 0 saturated heterocycles. The molecule has 2 rings (SSSR count). The number of carbonyl (C=O) groups is 2. The summed E-state index contributed by atoms with van der Waals surface area (Å²) in [6.07, 6.45) is -2.34. The first-order valence-electron chi connectivity index (χ1n) is 6.54. The maximum Gasteiger partial charge on any atom is 0.417 e. The normalized spacial score (nSPS) is 12.7. The largest absolute Gasteiger partial charge is 0.480 e. The molecule has 1 atom stereocenters. The Kier molecular flexibility index (Phi) is 4.83. The minimum absolute atomic E-state index is 0.00612. The summed E-state index contributed by atoms with van der Waals surface area (Å²) in [4.78, 5) is 22.9. The highest BCUT2D eigenvalue weighted by molar-refractivity contribution is 6.31. The molecule has 2 aromatic rings. The van der Waals surface area contributed by atoms with E-state index in [9.17, 15) is 22.8 Å². The van der Waals surface area contributed by atoms with Gasteiger partial charge in [0.15, 0.2) is 0 Å². The van der Waals surface area contributed by atoms with Crippen molar-refractivity contribution in [1.29, 1.82) is 0 Å². The van der Waals surface area contributed by atoms with Crippen LogP contribution in [0.1, 0.15) is 28.9 Å². The molecule has 1 aromatic heterocycles. The molecule has 1 amide bonds. The van der Waals surface area contributed by atoms with Crippen molar-refractivity contribution in [1.82, 2.24) is 9.78 Å². The molecule has 0 aliphatic carbocycles. The molecular weight excluding hydrogens is 351 g/mol. The van der Waals surface area contributed by atoms with Gasteiger partial charge in [-0.05, 0) is 25.1 Å². The number of aromatic nitrogens is 2. The number of carboxylic acid groups (broad SMARTS) is 1. The number of amides is 1. The molecule has 0 aliphatic heterocycles. The van der Waals surface area contributed by atoms with Gasteiger partial charge in [0.05, 0.1) is 22.3 Å². The van der Waals surface area contributed by atoms with Gasteiger partial charge in [-0.25, -0.2) is 4.79 Å². The lowest BCUT2D eigenvalue weighted by atomic mass is 10.2. The Hall–Kier alpha value is -2.55. The van der Waals surface area contributed by atoms with E-state index in [1.54, 1.807) is 0 Å². The van der Waals surface area contributed by atoms with Crippen LogP contribution in [-0.2, 0) is 11.0 Å². The van der Waals surface area contributed by atoms with Gasteiger partial charge in [0.1, 0.15) is 6.04 Å². The number of carboxylic acids is 1. The van der Waals surface area contributed by atoms with Gasteiger partial charge in [0.2, 0.25) is 0 Å². The maximum atomic E-state index is 12.8. The predicted octanol–water partition coefficient (Wildman–Crippen LogP) is 3.45. The van der Waals surface area contributed by atoms with Crippen LogP contribution in [0.2, 0.25) is 5.02 Å². The number of carbonyl (C=O) groups excluding carboxylic acids is 1. The van der Waals surface area contributed by atoms with Crippen molar-refractivity contribution in [3.8, 4) is 0 Å². The van der Waals surface area contributed by atoms with Crippen LogP contribution in [0, 0.1) is 0 Å². The summed E-state index contributed by atoms with van der Waals surface area (Å²) < 4.78 is 39.4. The summed E-state index contributed by atoms with van der Waals surface area (Å²) in [5.74, 6) is -1.87. The van der Waals surface area contributed by atoms with E-state index < -0.39 is 34.7 Å². The number of benzene rings is 1. The van der Waals surface area contributed by atoms with Gasteiger partial charge in [-0.1, -0.05) is 11.6 Å². The van der Waals surface area contributed by atoms with Crippen LogP contribution in [0.4, 0.5) is 18.9 Å². The van der Waals surface area contributed by atoms with Crippen molar-refractivity contribution in [2.45, 2.75) is 19.1 Å². The molecule has 0 radical (unpaired) electrons. The lowest BCUT2D eigenvalue weighted by Gasteiger charge is -2.11. The first kappa shape index (κ1) is 17.8. The third-order valence-corrected chi connectivity index (χ3v) is 3.48. The van der Waals surface area contributed by atoms with E-state index in [0.29, 0.717) is 6.07 Å². The Morgan fingerprint density at radius 1 is 1.38 bits per heavy atom. The fraction of sp³-hybridized carbons (Fsp3) is 0.214. The van der Waals surface area contributed by atoms with Crippen LogP contribution in [-0.4, -0.2) is 26.8 Å². The monoisotopic (exact) mass is 361 g/mol. The Balaban J connectivity index is 2.20. The van der Waals surface area contributed by atoms with Crippen LogP contribution in [0.15, 0.2) is 30.6 Å². The number of rotatable bonds is 4. The summed E-state index contributed by atoms with van der Waals surface area (Å²) >= 11 is 5.50. The minimum Gasteiger partial charge on any atom is -0.480 e. The average Bonchev–Trinajstić information content (AvgIpc) is 2.97. The quantitative estimate of drug-likeness (QED) is 0.873. The van der Waals surface area contributed by atoms with Gasteiger partial charge in [0.25, 0.3) is 5.91 Å². The maximum absolute atomic E-state index is 12.8. The van der Waals surface area contributed by atoms with Crippen molar-refractivity contribution in [2.75, 3.05) is 5.32 Å². The van der Waals surface area contributed by atoms with Gasteiger partial charge < -0.3 is 10.4 Å².